The number of halogens is 1. The fourth-order valence-electron chi connectivity index (χ4n) is 3.20. The lowest BCUT2D eigenvalue weighted by molar-refractivity contribution is -0.121. The maximum absolute atomic E-state index is 12.4. The molecule has 0 atom stereocenters. The highest BCUT2D eigenvalue weighted by molar-refractivity contribution is 6.30. The van der Waals surface area contributed by atoms with Gasteiger partial charge in [0.15, 0.2) is 0 Å². The van der Waals surface area contributed by atoms with Crippen LogP contribution in [0.25, 0.3) is 5.65 Å². The van der Waals surface area contributed by atoms with Gasteiger partial charge in [0.2, 0.25) is 5.91 Å². The summed E-state index contributed by atoms with van der Waals surface area (Å²) in [6, 6.07) is 8.68. The van der Waals surface area contributed by atoms with E-state index in [1.54, 1.807) is 47.1 Å². The molecule has 28 heavy (non-hydrogen) atoms. The van der Waals surface area contributed by atoms with Crippen molar-refractivity contribution >= 4 is 35.0 Å². The second-order valence-corrected chi connectivity index (χ2v) is 7.12. The Morgan fingerprint density at radius 3 is 2.71 bits per heavy atom. The number of hydrogen-bond acceptors (Lipinski definition) is 4. The number of nitrogens with one attached hydrogen (secondary N) is 1. The van der Waals surface area contributed by atoms with Gasteiger partial charge in [-0.25, -0.2) is 4.98 Å². The van der Waals surface area contributed by atoms with Crippen LogP contribution in [0.15, 0.2) is 42.7 Å². The Morgan fingerprint density at radius 1 is 1.11 bits per heavy atom. The number of carbonyl (C=O) groups excluding carboxylic acids is 3. The van der Waals surface area contributed by atoms with Gasteiger partial charge in [-0.05, 0) is 31.2 Å². The van der Waals surface area contributed by atoms with Crippen LogP contribution < -0.4 is 5.32 Å². The highest BCUT2D eigenvalue weighted by Gasteiger charge is 2.35. The average molecular weight is 397 g/mol. The predicted molar refractivity (Wildman–Crippen MR) is 103 cm³/mol. The number of fused-ring (bicyclic) bond motifs is 2. The van der Waals surface area contributed by atoms with E-state index in [-0.39, 0.29) is 37.2 Å². The molecule has 3 heterocycles. The molecule has 4 rings (SSSR count). The Hall–Kier alpha value is -3.19. The van der Waals surface area contributed by atoms with Gasteiger partial charge in [-0.2, -0.15) is 0 Å². The molecule has 0 aliphatic carbocycles. The number of pyridine rings is 1. The fourth-order valence-corrected chi connectivity index (χ4v) is 3.37. The molecule has 0 saturated carbocycles. The first-order valence-electron chi connectivity index (χ1n) is 8.79. The summed E-state index contributed by atoms with van der Waals surface area (Å²) >= 11 is 5.95. The molecule has 0 unspecified atom stereocenters. The molecule has 0 fully saturated rings. The molecule has 3 aromatic rings. The molecular weight excluding hydrogens is 380 g/mol. The zero-order chi connectivity index (χ0) is 19.8. The molecule has 0 radical (unpaired) electrons. The number of rotatable bonds is 5. The molecule has 8 heteroatoms. The minimum Gasteiger partial charge on any atom is -0.350 e. The van der Waals surface area contributed by atoms with E-state index < -0.39 is 0 Å². The summed E-state index contributed by atoms with van der Waals surface area (Å²) in [4.78, 5) is 42.5. The monoisotopic (exact) mass is 396 g/mol. The lowest BCUT2D eigenvalue weighted by atomic mass is 10.1. The summed E-state index contributed by atoms with van der Waals surface area (Å²) in [6.45, 7) is 2.15. The number of benzene rings is 1. The molecule has 142 valence electrons. The minimum atomic E-state index is -0.356. The number of aryl methyl sites for hydroxylation is 1. The van der Waals surface area contributed by atoms with Crippen molar-refractivity contribution in [2.75, 3.05) is 6.54 Å². The van der Waals surface area contributed by atoms with Crippen molar-refractivity contribution in [3.05, 3.63) is 70.1 Å². The number of carbonyl (C=O) groups is 3. The zero-order valence-corrected chi connectivity index (χ0v) is 15.9. The van der Waals surface area contributed by atoms with Crippen LogP contribution in [0.3, 0.4) is 0 Å². The van der Waals surface area contributed by atoms with Gasteiger partial charge in [-0.3, -0.25) is 19.3 Å². The average Bonchev–Trinajstić information content (AvgIpc) is 3.17. The number of imide groups is 1. The van der Waals surface area contributed by atoms with Gasteiger partial charge in [-0.1, -0.05) is 23.2 Å². The third-order valence-electron chi connectivity index (χ3n) is 4.62. The van der Waals surface area contributed by atoms with Crippen molar-refractivity contribution in [1.29, 1.82) is 0 Å². The second kappa shape index (κ2) is 7.09. The first kappa shape index (κ1) is 18.2. The van der Waals surface area contributed by atoms with Gasteiger partial charge >= 0.3 is 0 Å². The van der Waals surface area contributed by atoms with E-state index in [4.69, 9.17) is 11.6 Å². The summed E-state index contributed by atoms with van der Waals surface area (Å²) < 4.78 is 1.78. The Kier molecular flexibility index (Phi) is 4.60. The predicted octanol–water partition coefficient (Wildman–Crippen LogP) is 2.60. The lowest BCUT2D eigenvalue weighted by Gasteiger charge is -2.13. The molecule has 1 N–H and O–H groups in total. The van der Waals surface area contributed by atoms with Gasteiger partial charge < -0.3 is 9.72 Å². The topological polar surface area (TPSA) is 83.8 Å². The maximum atomic E-state index is 12.4. The van der Waals surface area contributed by atoms with Crippen LogP contribution in [0.5, 0.6) is 0 Å². The number of nitrogens with zero attached hydrogens (tertiary/aromatic N) is 3. The summed E-state index contributed by atoms with van der Waals surface area (Å²) in [6.07, 6.45) is 3.55. The Bertz CT molecular complexity index is 1120. The largest absolute Gasteiger partial charge is 0.350 e. The van der Waals surface area contributed by atoms with Crippen molar-refractivity contribution < 1.29 is 14.4 Å². The molecule has 0 saturated heterocycles. The van der Waals surface area contributed by atoms with E-state index >= 15 is 0 Å². The first-order chi connectivity index (χ1) is 13.4. The molecule has 3 amide bonds. The first-order valence-corrected chi connectivity index (χ1v) is 9.17. The molecule has 0 spiro atoms. The van der Waals surface area contributed by atoms with Crippen LogP contribution >= 0.6 is 11.6 Å². The van der Waals surface area contributed by atoms with E-state index in [9.17, 15) is 14.4 Å². The standard InChI is InChI=1S/C20H17ClN4O3/c1-12-2-4-15-16(8-12)20(28)25(19(15)27)7-6-18(26)22-9-14-11-24-10-13(21)3-5-17(24)23-14/h2-5,8,10-11H,6-7,9H2,1H3,(H,22,26). The molecular formula is C20H17ClN4O3. The van der Waals surface area contributed by atoms with Crippen LogP contribution in [-0.2, 0) is 11.3 Å². The highest BCUT2D eigenvalue weighted by Crippen LogP contribution is 2.23. The Morgan fingerprint density at radius 2 is 1.89 bits per heavy atom. The molecule has 7 nitrogen and oxygen atoms in total. The minimum absolute atomic E-state index is 0.0314. The van der Waals surface area contributed by atoms with Crippen molar-refractivity contribution in [2.24, 2.45) is 0 Å². The molecule has 1 aliphatic rings. The summed E-state index contributed by atoms with van der Waals surface area (Å²) in [7, 11) is 0. The Balaban J connectivity index is 1.34. The van der Waals surface area contributed by atoms with E-state index in [1.807, 2.05) is 6.92 Å². The summed E-state index contributed by atoms with van der Waals surface area (Å²) in [5.41, 5.74) is 3.11. The van der Waals surface area contributed by atoms with Crippen LogP contribution in [0.1, 0.15) is 38.4 Å². The van der Waals surface area contributed by atoms with Crippen molar-refractivity contribution in [1.82, 2.24) is 19.6 Å². The normalized spacial score (nSPS) is 13.3. The van der Waals surface area contributed by atoms with E-state index in [0.29, 0.717) is 21.8 Å². The summed E-state index contributed by atoms with van der Waals surface area (Å²) in [5.74, 6) is -0.971. The van der Waals surface area contributed by atoms with Crippen molar-refractivity contribution in [3.8, 4) is 0 Å². The third kappa shape index (κ3) is 3.36. The molecule has 0 bridgehead atoms. The molecule has 1 aromatic carbocycles. The van der Waals surface area contributed by atoms with Crippen LogP contribution in [-0.4, -0.2) is 38.6 Å². The van der Waals surface area contributed by atoms with Gasteiger partial charge in [-0.15, -0.1) is 0 Å². The number of aromatic nitrogens is 2. The van der Waals surface area contributed by atoms with E-state index in [1.165, 1.54) is 0 Å². The fraction of sp³-hybridized carbons (Fsp3) is 0.200. The summed E-state index contributed by atoms with van der Waals surface area (Å²) in [5, 5.41) is 3.36. The molecule has 1 aliphatic heterocycles. The van der Waals surface area contributed by atoms with Gasteiger partial charge in [0.05, 0.1) is 28.4 Å². The highest BCUT2D eigenvalue weighted by atomic mass is 35.5. The van der Waals surface area contributed by atoms with Crippen LogP contribution in [0.2, 0.25) is 5.02 Å². The SMILES string of the molecule is Cc1ccc2c(c1)C(=O)N(CCC(=O)NCc1cn3cc(Cl)ccc3n1)C2=O. The van der Waals surface area contributed by atoms with Crippen molar-refractivity contribution in [2.45, 2.75) is 19.9 Å². The maximum Gasteiger partial charge on any atom is 0.261 e. The number of amides is 3. The molecule has 2 aromatic heterocycles. The van der Waals surface area contributed by atoms with Crippen LogP contribution in [0, 0.1) is 6.92 Å². The van der Waals surface area contributed by atoms with Crippen molar-refractivity contribution in [3.63, 3.8) is 0 Å². The van der Waals surface area contributed by atoms with E-state index in [2.05, 4.69) is 10.3 Å². The lowest BCUT2D eigenvalue weighted by Crippen LogP contribution is -2.34. The van der Waals surface area contributed by atoms with Gasteiger partial charge in [0.25, 0.3) is 11.8 Å². The van der Waals surface area contributed by atoms with Gasteiger partial charge in [0, 0.05) is 25.4 Å². The van der Waals surface area contributed by atoms with E-state index in [0.717, 1.165) is 16.1 Å². The third-order valence-corrected chi connectivity index (χ3v) is 4.84. The second-order valence-electron chi connectivity index (χ2n) is 6.68. The van der Waals surface area contributed by atoms with Gasteiger partial charge in [0.1, 0.15) is 5.65 Å². The Labute approximate surface area is 165 Å². The van der Waals surface area contributed by atoms with Crippen LogP contribution in [0.4, 0.5) is 0 Å². The zero-order valence-electron chi connectivity index (χ0n) is 15.1. The number of hydrogen-bond donors (Lipinski definition) is 1. The number of imidazole rings is 1. The smallest absolute Gasteiger partial charge is 0.261 e. The quantitative estimate of drug-likeness (QED) is 0.672.